The number of hydrogen-bond acceptors (Lipinski definition) is 3. The summed E-state index contributed by atoms with van der Waals surface area (Å²) in [5.41, 5.74) is 6.05. The lowest BCUT2D eigenvalue weighted by molar-refractivity contribution is 0.152. The number of ether oxygens (including phenoxy) is 1. The quantitative estimate of drug-likeness (QED) is 0.708. The Morgan fingerprint density at radius 3 is 2.76 bits per heavy atom. The Morgan fingerprint density at radius 1 is 1.35 bits per heavy atom. The first-order valence-corrected chi connectivity index (χ1v) is 6.99. The molecule has 0 bridgehead atoms. The van der Waals surface area contributed by atoms with Crippen LogP contribution in [-0.2, 0) is 4.74 Å². The van der Waals surface area contributed by atoms with E-state index in [1.165, 1.54) is 38.9 Å². The van der Waals surface area contributed by atoms with Crippen molar-refractivity contribution in [2.75, 3.05) is 39.9 Å². The van der Waals surface area contributed by atoms with Gasteiger partial charge < -0.3 is 15.4 Å². The van der Waals surface area contributed by atoms with E-state index in [2.05, 4.69) is 18.7 Å². The van der Waals surface area contributed by atoms with E-state index >= 15 is 0 Å². The van der Waals surface area contributed by atoms with Gasteiger partial charge in [-0.2, -0.15) is 0 Å². The summed E-state index contributed by atoms with van der Waals surface area (Å²) < 4.78 is 5.22. The van der Waals surface area contributed by atoms with Crippen LogP contribution in [0.25, 0.3) is 0 Å². The average molecular weight is 242 g/mol. The molecule has 102 valence electrons. The van der Waals surface area contributed by atoms with E-state index in [-0.39, 0.29) is 0 Å². The van der Waals surface area contributed by atoms with Gasteiger partial charge in [0.2, 0.25) is 0 Å². The second kappa shape index (κ2) is 7.34. The number of nitrogens with zero attached hydrogens (tertiary/aromatic N) is 1. The number of likely N-dealkylation sites (tertiary alicyclic amines) is 1. The molecule has 1 fully saturated rings. The van der Waals surface area contributed by atoms with Crippen LogP contribution >= 0.6 is 0 Å². The first kappa shape index (κ1) is 14.9. The molecule has 0 aromatic heterocycles. The molecule has 17 heavy (non-hydrogen) atoms. The van der Waals surface area contributed by atoms with Crippen LogP contribution in [0.4, 0.5) is 0 Å². The summed E-state index contributed by atoms with van der Waals surface area (Å²) in [5, 5.41) is 0. The molecule has 1 atom stereocenters. The molecule has 1 rings (SSSR count). The second-order valence-electron chi connectivity index (χ2n) is 6.22. The molecule has 1 aliphatic rings. The van der Waals surface area contributed by atoms with Gasteiger partial charge in [-0.15, -0.1) is 0 Å². The van der Waals surface area contributed by atoms with Gasteiger partial charge in [0.15, 0.2) is 0 Å². The Kier molecular flexibility index (Phi) is 6.45. The third kappa shape index (κ3) is 5.84. The van der Waals surface area contributed by atoms with Crippen molar-refractivity contribution in [2.24, 2.45) is 17.1 Å². The van der Waals surface area contributed by atoms with Gasteiger partial charge in [0.05, 0.1) is 6.61 Å². The van der Waals surface area contributed by atoms with Crippen molar-refractivity contribution >= 4 is 0 Å². The van der Waals surface area contributed by atoms with Crippen molar-refractivity contribution < 1.29 is 4.74 Å². The summed E-state index contributed by atoms with van der Waals surface area (Å²) in [5.74, 6) is 0.761. The summed E-state index contributed by atoms with van der Waals surface area (Å²) in [7, 11) is 1.80. The van der Waals surface area contributed by atoms with Crippen molar-refractivity contribution in [3.63, 3.8) is 0 Å². The minimum absolute atomic E-state index is 0.417. The van der Waals surface area contributed by atoms with E-state index in [9.17, 15) is 0 Å². The Balaban J connectivity index is 2.11. The number of nitrogens with two attached hydrogens (primary N) is 1. The van der Waals surface area contributed by atoms with Crippen LogP contribution in [0, 0.1) is 11.3 Å². The van der Waals surface area contributed by atoms with Crippen molar-refractivity contribution in [3.05, 3.63) is 0 Å². The molecule has 0 saturated carbocycles. The molecule has 1 saturated heterocycles. The molecule has 1 unspecified atom stereocenters. The molecule has 0 aromatic carbocycles. The SMILES string of the molecule is COCC1CCN(CCCC(C)(C)CCN)C1. The van der Waals surface area contributed by atoms with Crippen molar-refractivity contribution in [1.82, 2.24) is 4.90 Å². The third-order valence-corrected chi connectivity index (χ3v) is 3.92. The van der Waals surface area contributed by atoms with Crippen LogP contribution in [0.5, 0.6) is 0 Å². The van der Waals surface area contributed by atoms with Gasteiger partial charge in [-0.05, 0) is 56.7 Å². The third-order valence-electron chi connectivity index (χ3n) is 3.92. The standard InChI is InChI=1S/C14H30N2O/c1-14(2,7-8-15)6-4-9-16-10-5-13(11-16)12-17-3/h13H,4-12,15H2,1-3H3. The first-order chi connectivity index (χ1) is 8.07. The molecule has 0 amide bonds. The highest BCUT2D eigenvalue weighted by molar-refractivity contribution is 4.76. The molecule has 3 nitrogen and oxygen atoms in total. The first-order valence-electron chi connectivity index (χ1n) is 6.99. The minimum Gasteiger partial charge on any atom is -0.384 e. The number of rotatable bonds is 8. The zero-order valence-corrected chi connectivity index (χ0v) is 11.9. The van der Waals surface area contributed by atoms with Crippen molar-refractivity contribution in [3.8, 4) is 0 Å². The highest BCUT2D eigenvalue weighted by atomic mass is 16.5. The molecule has 2 N–H and O–H groups in total. The van der Waals surface area contributed by atoms with Crippen molar-refractivity contribution in [1.29, 1.82) is 0 Å². The molecule has 0 spiro atoms. The van der Waals surface area contributed by atoms with Gasteiger partial charge >= 0.3 is 0 Å². The Labute approximate surface area is 107 Å². The molecule has 1 heterocycles. The lowest BCUT2D eigenvalue weighted by Crippen LogP contribution is -2.25. The predicted octanol–water partition coefficient (Wildman–Crippen LogP) is 2.11. The van der Waals surface area contributed by atoms with Crippen LogP contribution in [0.3, 0.4) is 0 Å². The lowest BCUT2D eigenvalue weighted by atomic mass is 9.84. The van der Waals surface area contributed by atoms with Gasteiger partial charge in [-0.25, -0.2) is 0 Å². The Morgan fingerprint density at radius 2 is 2.12 bits per heavy atom. The minimum atomic E-state index is 0.417. The molecule has 3 heteroatoms. The maximum Gasteiger partial charge on any atom is 0.0503 e. The number of methoxy groups -OCH3 is 1. The predicted molar refractivity (Wildman–Crippen MR) is 73.1 cm³/mol. The van der Waals surface area contributed by atoms with E-state index < -0.39 is 0 Å². The van der Waals surface area contributed by atoms with E-state index in [4.69, 9.17) is 10.5 Å². The molecule has 1 aliphatic heterocycles. The zero-order chi connectivity index (χ0) is 12.7. The van der Waals surface area contributed by atoms with Gasteiger partial charge in [0.1, 0.15) is 0 Å². The summed E-state index contributed by atoms with van der Waals surface area (Å²) in [6.07, 6.45) is 5.03. The maximum absolute atomic E-state index is 5.64. The molecule has 0 aromatic rings. The van der Waals surface area contributed by atoms with Crippen LogP contribution in [0.1, 0.15) is 39.5 Å². The molecule has 0 aliphatic carbocycles. The molecular weight excluding hydrogens is 212 g/mol. The van der Waals surface area contributed by atoms with E-state index in [1.807, 2.05) is 0 Å². The Bertz CT molecular complexity index is 206. The fourth-order valence-corrected chi connectivity index (χ4v) is 2.78. The summed E-state index contributed by atoms with van der Waals surface area (Å²) in [4.78, 5) is 2.59. The normalized spacial score (nSPS) is 22.2. The fourth-order valence-electron chi connectivity index (χ4n) is 2.78. The van der Waals surface area contributed by atoms with Gasteiger partial charge in [0.25, 0.3) is 0 Å². The monoisotopic (exact) mass is 242 g/mol. The van der Waals surface area contributed by atoms with Crippen LogP contribution in [0.2, 0.25) is 0 Å². The Hall–Kier alpha value is -0.120. The van der Waals surface area contributed by atoms with E-state index in [0.29, 0.717) is 5.41 Å². The largest absolute Gasteiger partial charge is 0.384 e. The van der Waals surface area contributed by atoms with Crippen LogP contribution in [0.15, 0.2) is 0 Å². The van der Waals surface area contributed by atoms with Gasteiger partial charge in [0, 0.05) is 13.7 Å². The van der Waals surface area contributed by atoms with Crippen molar-refractivity contribution in [2.45, 2.75) is 39.5 Å². The van der Waals surface area contributed by atoms with Crippen LogP contribution < -0.4 is 5.73 Å². The number of hydrogen-bond donors (Lipinski definition) is 1. The average Bonchev–Trinajstić information content (AvgIpc) is 2.66. The topological polar surface area (TPSA) is 38.5 Å². The maximum atomic E-state index is 5.64. The van der Waals surface area contributed by atoms with E-state index in [1.54, 1.807) is 7.11 Å². The smallest absolute Gasteiger partial charge is 0.0503 e. The summed E-state index contributed by atoms with van der Waals surface area (Å²) in [6, 6.07) is 0. The second-order valence-corrected chi connectivity index (χ2v) is 6.22. The van der Waals surface area contributed by atoms with Crippen LogP contribution in [-0.4, -0.2) is 44.8 Å². The lowest BCUT2D eigenvalue weighted by Gasteiger charge is -2.25. The summed E-state index contributed by atoms with van der Waals surface area (Å²) >= 11 is 0. The zero-order valence-electron chi connectivity index (χ0n) is 11.9. The highest BCUT2D eigenvalue weighted by Gasteiger charge is 2.23. The molecule has 0 radical (unpaired) electrons. The summed E-state index contributed by atoms with van der Waals surface area (Å²) in [6.45, 7) is 10.1. The van der Waals surface area contributed by atoms with Gasteiger partial charge in [-0.1, -0.05) is 13.8 Å². The fraction of sp³-hybridized carbons (Fsp3) is 1.00. The molecular formula is C14H30N2O. The highest BCUT2D eigenvalue weighted by Crippen LogP contribution is 2.26. The van der Waals surface area contributed by atoms with E-state index in [0.717, 1.165) is 25.5 Å². The van der Waals surface area contributed by atoms with Gasteiger partial charge in [-0.3, -0.25) is 0 Å².